The number of ether oxygens (including phenoxy) is 1. The number of carbonyl (C=O) groups is 1. The van der Waals surface area contributed by atoms with Crippen molar-refractivity contribution >= 4 is 33.5 Å². The number of nitrogens with zero attached hydrogens (tertiary/aromatic N) is 3. The molecule has 6 rings (SSSR count). The molecule has 4 heterocycles. The van der Waals surface area contributed by atoms with Crippen LogP contribution in [0.2, 0.25) is 0 Å². The third-order valence-corrected chi connectivity index (χ3v) is 7.80. The van der Waals surface area contributed by atoms with Crippen molar-refractivity contribution in [1.82, 2.24) is 19.9 Å². The van der Waals surface area contributed by atoms with Crippen molar-refractivity contribution in [3.63, 3.8) is 0 Å². The first-order valence-electron chi connectivity index (χ1n) is 13.9. The first kappa shape index (κ1) is 28.3. The van der Waals surface area contributed by atoms with E-state index in [0.29, 0.717) is 12.0 Å². The van der Waals surface area contributed by atoms with Crippen LogP contribution < -0.4 is 16.0 Å². The number of aromatic nitrogens is 3. The van der Waals surface area contributed by atoms with Crippen LogP contribution in [0.4, 0.5) is 14.5 Å². The number of nitrogens with one attached hydrogen (secondary N) is 2. The zero-order valence-corrected chi connectivity index (χ0v) is 23.5. The first-order chi connectivity index (χ1) is 20.7. The van der Waals surface area contributed by atoms with Crippen LogP contribution in [-0.2, 0) is 16.1 Å². The molecule has 0 amide bonds. The van der Waals surface area contributed by atoms with Crippen molar-refractivity contribution in [2.45, 2.75) is 31.3 Å². The monoisotopic (exact) mass is 589 g/mol. The Kier molecular flexibility index (Phi) is 7.53. The minimum Gasteiger partial charge on any atom is -0.464 e. The molecule has 0 fully saturated rings. The van der Waals surface area contributed by atoms with Crippen LogP contribution in [0.25, 0.3) is 21.9 Å². The lowest BCUT2D eigenvalue weighted by Crippen LogP contribution is -2.43. The van der Waals surface area contributed by atoms with Crippen molar-refractivity contribution in [2.75, 3.05) is 32.1 Å². The number of unbranched alkanes of at least 4 members (excludes halogenated alkanes) is 1. The minimum absolute atomic E-state index is 0.0725. The summed E-state index contributed by atoms with van der Waals surface area (Å²) in [4.78, 5) is 52.3. The van der Waals surface area contributed by atoms with Gasteiger partial charge in [-0.15, -0.1) is 0 Å². The van der Waals surface area contributed by atoms with Gasteiger partial charge in [0.25, 0.3) is 11.1 Å². The third kappa shape index (κ3) is 5.18. The number of furan rings is 1. The molecule has 2 atom stereocenters. The van der Waals surface area contributed by atoms with E-state index in [0.717, 1.165) is 19.0 Å². The Labute approximate surface area is 243 Å². The number of anilines is 1. The normalized spacial score (nSPS) is 16.3. The Morgan fingerprint density at radius 3 is 2.70 bits per heavy atom. The number of rotatable bonds is 9. The Morgan fingerprint density at radius 1 is 1.07 bits per heavy atom. The van der Waals surface area contributed by atoms with Gasteiger partial charge in [-0.25, -0.2) is 18.6 Å². The summed E-state index contributed by atoms with van der Waals surface area (Å²) in [5.41, 5.74) is 0.414. The number of fused-ring (bicyclic) bond motifs is 4. The molecule has 222 valence electrons. The number of carbonyl (C=O) groups excluding carboxylic acids is 1. The average Bonchev–Trinajstić information content (AvgIpc) is 3.58. The largest absolute Gasteiger partial charge is 0.464 e. The lowest BCUT2D eigenvalue weighted by Gasteiger charge is -2.29. The molecule has 12 heteroatoms. The Bertz CT molecular complexity index is 1950. The summed E-state index contributed by atoms with van der Waals surface area (Å²) in [6.45, 7) is 0.697. The Morgan fingerprint density at radius 2 is 1.91 bits per heavy atom. The molecule has 0 saturated heterocycles. The Balaban J connectivity index is 1.49. The van der Waals surface area contributed by atoms with Crippen LogP contribution in [-0.4, -0.2) is 59.1 Å². The van der Waals surface area contributed by atoms with E-state index in [9.17, 15) is 14.4 Å². The van der Waals surface area contributed by atoms with Gasteiger partial charge in [0.1, 0.15) is 23.3 Å². The number of pyridine rings is 1. The molecule has 5 aromatic rings. The zero-order valence-electron chi connectivity index (χ0n) is 23.5. The number of aromatic amines is 2. The van der Waals surface area contributed by atoms with Crippen LogP contribution in [0.5, 0.6) is 0 Å². The summed E-state index contributed by atoms with van der Waals surface area (Å²) in [7, 11) is 3.90. The number of benzene rings is 2. The fourth-order valence-electron chi connectivity index (χ4n) is 5.80. The molecule has 0 saturated carbocycles. The van der Waals surface area contributed by atoms with Gasteiger partial charge in [0.2, 0.25) is 0 Å². The fraction of sp³-hybridized carbons (Fsp3) is 0.290. The maximum absolute atomic E-state index is 15.5. The van der Waals surface area contributed by atoms with Crippen molar-refractivity contribution in [3.05, 3.63) is 104 Å². The predicted molar refractivity (Wildman–Crippen MR) is 156 cm³/mol. The number of hydrogen-bond acceptors (Lipinski definition) is 8. The fourth-order valence-corrected chi connectivity index (χ4v) is 5.80. The van der Waals surface area contributed by atoms with Gasteiger partial charge in [0.15, 0.2) is 0 Å². The molecular formula is C31H29F2N5O5. The molecule has 0 spiro atoms. The van der Waals surface area contributed by atoms with E-state index in [2.05, 4.69) is 15.0 Å². The summed E-state index contributed by atoms with van der Waals surface area (Å²) in [5.74, 6) is -2.86. The lowest BCUT2D eigenvalue weighted by molar-refractivity contribution is -0.145. The molecule has 43 heavy (non-hydrogen) atoms. The summed E-state index contributed by atoms with van der Waals surface area (Å²) in [6, 6.07) is 7.29. The highest BCUT2D eigenvalue weighted by molar-refractivity contribution is 5.95. The highest BCUT2D eigenvalue weighted by Gasteiger charge is 2.48. The van der Waals surface area contributed by atoms with E-state index in [1.165, 1.54) is 41.9 Å². The number of hydrogen-bond donors (Lipinski definition) is 2. The number of H-pyrrole nitrogens is 2. The number of esters is 1. The van der Waals surface area contributed by atoms with Gasteiger partial charge in [-0.05, 0) is 57.7 Å². The van der Waals surface area contributed by atoms with E-state index in [4.69, 9.17) is 9.15 Å². The number of halogens is 2. The van der Waals surface area contributed by atoms with Crippen molar-refractivity contribution < 1.29 is 22.7 Å². The standard InChI is InChI=1S/C31H29F2N5O5/c1-37(2)9-3-4-10-43-31(41)27-25(19-6-5-8-34-29(19)39)26-24(14-22(33)18-7-11-42-28(18)26)38(27)15-17-12-20-23(13-21(17)32)35-16-36-30(20)40/h5-8,11-14,16,25,27H,3-4,9-10,15H2,1-2H3,(H,34,39)(H,35,36,40). The van der Waals surface area contributed by atoms with E-state index in [1.807, 2.05) is 19.0 Å². The summed E-state index contributed by atoms with van der Waals surface area (Å²) in [6.07, 6.45) is 5.39. The molecular weight excluding hydrogens is 560 g/mol. The zero-order chi connectivity index (χ0) is 30.2. The highest BCUT2D eigenvalue weighted by atomic mass is 19.1. The van der Waals surface area contributed by atoms with Gasteiger partial charge in [-0.2, -0.15) is 0 Å². The van der Waals surface area contributed by atoms with Gasteiger partial charge < -0.3 is 28.9 Å². The first-order valence-corrected chi connectivity index (χ1v) is 13.9. The van der Waals surface area contributed by atoms with Crippen LogP contribution in [0, 0.1) is 11.6 Å². The van der Waals surface area contributed by atoms with Gasteiger partial charge >= 0.3 is 5.97 Å². The van der Waals surface area contributed by atoms with Crippen LogP contribution in [0.1, 0.15) is 35.4 Å². The van der Waals surface area contributed by atoms with Gasteiger partial charge in [0, 0.05) is 41.2 Å². The molecule has 0 aliphatic carbocycles. The van der Waals surface area contributed by atoms with Gasteiger partial charge in [0.05, 0.1) is 41.4 Å². The second kappa shape index (κ2) is 11.4. The van der Waals surface area contributed by atoms with E-state index < -0.39 is 40.7 Å². The van der Waals surface area contributed by atoms with Crippen molar-refractivity contribution in [3.8, 4) is 0 Å². The van der Waals surface area contributed by atoms with E-state index in [1.54, 1.807) is 12.1 Å². The smallest absolute Gasteiger partial charge is 0.329 e. The third-order valence-electron chi connectivity index (χ3n) is 7.80. The molecule has 2 aromatic carbocycles. The quantitative estimate of drug-likeness (QED) is 0.195. The van der Waals surface area contributed by atoms with Gasteiger partial charge in [-0.3, -0.25) is 9.59 Å². The maximum atomic E-state index is 15.5. The van der Waals surface area contributed by atoms with Crippen LogP contribution in [0.15, 0.2) is 69.2 Å². The van der Waals surface area contributed by atoms with Crippen molar-refractivity contribution in [2.24, 2.45) is 0 Å². The maximum Gasteiger partial charge on any atom is 0.329 e. The molecule has 3 aromatic heterocycles. The van der Waals surface area contributed by atoms with E-state index in [-0.39, 0.29) is 51.8 Å². The molecule has 2 N–H and O–H groups in total. The van der Waals surface area contributed by atoms with Crippen LogP contribution >= 0.6 is 0 Å². The summed E-state index contributed by atoms with van der Waals surface area (Å²) >= 11 is 0. The predicted octanol–water partition coefficient (Wildman–Crippen LogP) is 4.04. The van der Waals surface area contributed by atoms with Gasteiger partial charge in [-0.1, -0.05) is 6.07 Å². The molecule has 10 nitrogen and oxygen atoms in total. The Hall–Kier alpha value is -4.84. The SMILES string of the molecule is CN(C)CCCCOC(=O)C1C(c2ccc[nH]c2=O)c2c(cc(F)c3ccoc23)N1Cc1cc2c(=O)[nH]cnc2cc1F. The summed E-state index contributed by atoms with van der Waals surface area (Å²) in [5, 5.41) is 0.338. The lowest BCUT2D eigenvalue weighted by atomic mass is 9.87. The van der Waals surface area contributed by atoms with Crippen LogP contribution in [0.3, 0.4) is 0 Å². The van der Waals surface area contributed by atoms with Crippen molar-refractivity contribution in [1.29, 1.82) is 0 Å². The molecule has 1 aliphatic heterocycles. The molecule has 1 aliphatic rings. The summed E-state index contributed by atoms with van der Waals surface area (Å²) < 4.78 is 42.4. The highest BCUT2D eigenvalue weighted by Crippen LogP contribution is 2.49. The van der Waals surface area contributed by atoms with E-state index >= 15 is 8.78 Å². The molecule has 0 radical (unpaired) electrons. The second-order valence-corrected chi connectivity index (χ2v) is 10.8. The molecule has 0 bridgehead atoms. The average molecular weight is 590 g/mol. The second-order valence-electron chi connectivity index (χ2n) is 10.8. The molecule has 2 unspecified atom stereocenters. The topological polar surface area (TPSA) is 125 Å². The minimum atomic E-state index is -1.18.